The van der Waals surface area contributed by atoms with Crippen LogP contribution in [0.5, 0.6) is 0 Å². The molecule has 86 valence electrons. The summed E-state index contributed by atoms with van der Waals surface area (Å²) >= 11 is 0. The molecular weight excluding hydrogens is 234 g/mol. The molecule has 0 saturated carbocycles. The Kier molecular flexibility index (Phi) is 6.32. The zero-order chi connectivity index (χ0) is 11.4. The number of imide groups is 1. The van der Waals surface area contributed by atoms with Crippen LogP contribution >= 0.6 is 0 Å². The summed E-state index contributed by atoms with van der Waals surface area (Å²) in [5, 5.41) is 0.141. The zero-order valence-electron chi connectivity index (χ0n) is 7.09. The lowest BCUT2D eigenvalue weighted by Gasteiger charge is -1.98. The average molecular weight is 241 g/mol. The Bertz CT molecular complexity index is 378. The van der Waals surface area contributed by atoms with Crippen LogP contribution in [0.15, 0.2) is 0 Å². The van der Waals surface area contributed by atoms with Crippen LogP contribution in [0, 0.1) is 0 Å². The highest BCUT2D eigenvalue weighted by Gasteiger charge is 2.39. The van der Waals surface area contributed by atoms with E-state index in [9.17, 15) is 18.0 Å². The topological polar surface area (TPSA) is 166 Å². The van der Waals surface area contributed by atoms with Crippen molar-refractivity contribution in [3.63, 3.8) is 0 Å². The molecule has 1 rings (SSSR count). The molecule has 0 aromatic rings. The largest absolute Gasteiger partial charge is 0.412 e. The van der Waals surface area contributed by atoms with E-state index in [2.05, 4.69) is 0 Å². The third-order valence-corrected chi connectivity index (χ3v) is 2.39. The second kappa shape index (κ2) is 5.98. The Morgan fingerprint density at radius 2 is 1.73 bits per heavy atom. The number of hydrogen-bond acceptors (Lipinski definition) is 6. The van der Waals surface area contributed by atoms with Crippen LogP contribution in [-0.2, 0) is 29.3 Å². The van der Waals surface area contributed by atoms with Crippen LogP contribution in [-0.4, -0.2) is 41.7 Å². The van der Waals surface area contributed by atoms with Crippen molar-refractivity contribution >= 4 is 28.1 Å². The Morgan fingerprint density at radius 1 is 1.33 bits per heavy atom. The summed E-state index contributed by atoms with van der Waals surface area (Å²) in [5.74, 6) is -1.64. The van der Waals surface area contributed by atoms with Crippen molar-refractivity contribution in [2.45, 2.75) is 11.7 Å². The highest BCUT2D eigenvalue weighted by atomic mass is 32.2. The van der Waals surface area contributed by atoms with E-state index in [0.29, 0.717) is 0 Å². The third-order valence-electron chi connectivity index (χ3n) is 1.29. The fourth-order valence-electron chi connectivity index (χ4n) is 0.771. The van der Waals surface area contributed by atoms with Crippen molar-refractivity contribution in [1.82, 2.24) is 5.32 Å². The molecule has 9 nitrogen and oxygen atoms in total. The summed E-state index contributed by atoms with van der Waals surface area (Å²) in [6.07, 6.45) is -0.238. The van der Waals surface area contributed by atoms with Crippen molar-refractivity contribution in [2.24, 2.45) is 0 Å². The Balaban J connectivity index is 0. The molecule has 2 amide bonds. The molecular formula is C5H7NO8S. The number of amides is 2. The molecule has 0 aliphatic carbocycles. The van der Waals surface area contributed by atoms with Crippen LogP contribution in [0.2, 0.25) is 0 Å². The van der Waals surface area contributed by atoms with E-state index >= 15 is 0 Å². The summed E-state index contributed by atoms with van der Waals surface area (Å²) in [5.41, 5.74) is 0. The standard InChI is InChI=1S/C4H5NO5S.CO2.H2O/c6-3-1-2(4(7)5-3)11(8,9)10;2-1-3;/h2H,1H2,(H,5,6,7)(H,8,9,10);;1H2. The SMILES string of the molecule is O.O=C1CC(S(=O)(=O)O)C(=O)N1.O=C=O. The van der Waals surface area contributed by atoms with Gasteiger partial charge in [0.15, 0.2) is 5.25 Å². The Hall–Kier alpha value is -1.61. The number of carbonyl (C=O) groups is 2. The monoisotopic (exact) mass is 241 g/mol. The first-order valence-electron chi connectivity index (χ1n) is 3.12. The van der Waals surface area contributed by atoms with Crippen molar-refractivity contribution in [1.29, 1.82) is 0 Å². The molecule has 4 N–H and O–H groups in total. The predicted molar refractivity (Wildman–Crippen MR) is 41.7 cm³/mol. The minimum atomic E-state index is -4.42. The molecule has 15 heavy (non-hydrogen) atoms. The van der Waals surface area contributed by atoms with Gasteiger partial charge in [0.05, 0.1) is 6.42 Å². The first kappa shape index (κ1) is 15.8. The summed E-state index contributed by atoms with van der Waals surface area (Å²) in [7, 11) is -4.42. The van der Waals surface area contributed by atoms with Gasteiger partial charge in [-0.3, -0.25) is 19.5 Å². The van der Waals surface area contributed by atoms with Crippen LogP contribution in [0.25, 0.3) is 0 Å². The molecule has 0 spiro atoms. The van der Waals surface area contributed by atoms with Gasteiger partial charge in [0.25, 0.3) is 10.1 Å². The molecule has 10 heteroatoms. The van der Waals surface area contributed by atoms with Gasteiger partial charge in [0.2, 0.25) is 11.8 Å². The number of rotatable bonds is 1. The second-order valence-electron chi connectivity index (χ2n) is 2.20. The quantitative estimate of drug-likeness (QED) is 0.361. The van der Waals surface area contributed by atoms with Gasteiger partial charge in [-0.05, 0) is 0 Å². The minimum absolute atomic E-state index is 0. The van der Waals surface area contributed by atoms with E-state index in [1.807, 2.05) is 0 Å². The summed E-state index contributed by atoms with van der Waals surface area (Å²) in [6, 6.07) is 0. The fraction of sp³-hybridized carbons (Fsp3) is 0.400. The van der Waals surface area contributed by atoms with Crippen LogP contribution < -0.4 is 5.32 Å². The molecule has 1 heterocycles. The van der Waals surface area contributed by atoms with E-state index in [4.69, 9.17) is 14.1 Å². The highest BCUT2D eigenvalue weighted by molar-refractivity contribution is 7.87. The predicted octanol–water partition coefficient (Wildman–Crippen LogP) is -3.12. The molecule has 1 aliphatic rings. The van der Waals surface area contributed by atoms with Crippen molar-refractivity contribution in [3.05, 3.63) is 0 Å². The molecule has 1 fully saturated rings. The van der Waals surface area contributed by atoms with Gasteiger partial charge >= 0.3 is 6.15 Å². The average Bonchev–Trinajstić information content (AvgIpc) is 2.30. The van der Waals surface area contributed by atoms with Gasteiger partial charge in [-0.1, -0.05) is 0 Å². The molecule has 0 aromatic carbocycles. The second-order valence-corrected chi connectivity index (χ2v) is 3.80. The van der Waals surface area contributed by atoms with Gasteiger partial charge in [-0.15, -0.1) is 0 Å². The summed E-state index contributed by atoms with van der Waals surface area (Å²) in [4.78, 5) is 37.2. The van der Waals surface area contributed by atoms with Crippen molar-refractivity contribution < 1.29 is 37.6 Å². The number of carbonyl (C=O) groups excluding carboxylic acids is 4. The molecule has 0 bridgehead atoms. The maximum atomic E-state index is 10.6. The Labute approximate surface area is 83.5 Å². The highest BCUT2D eigenvalue weighted by Crippen LogP contribution is 2.09. The van der Waals surface area contributed by atoms with Gasteiger partial charge < -0.3 is 5.48 Å². The number of hydrogen-bond donors (Lipinski definition) is 2. The number of nitrogens with one attached hydrogen (secondary N) is 1. The molecule has 0 aromatic heterocycles. The van der Waals surface area contributed by atoms with E-state index in [-0.39, 0.29) is 11.6 Å². The maximum Gasteiger partial charge on any atom is 0.373 e. The molecule has 1 unspecified atom stereocenters. The van der Waals surface area contributed by atoms with Gasteiger partial charge in [-0.2, -0.15) is 18.0 Å². The van der Waals surface area contributed by atoms with Crippen LogP contribution in [0.3, 0.4) is 0 Å². The Morgan fingerprint density at radius 3 is 1.87 bits per heavy atom. The normalized spacial score (nSPS) is 19.1. The zero-order valence-corrected chi connectivity index (χ0v) is 7.91. The van der Waals surface area contributed by atoms with E-state index < -0.39 is 33.6 Å². The third kappa shape index (κ3) is 4.98. The molecule has 1 atom stereocenters. The smallest absolute Gasteiger partial charge is 0.373 e. The maximum absolute atomic E-state index is 10.6. The lowest BCUT2D eigenvalue weighted by molar-refractivity contribution is -0.191. The molecule has 1 saturated heterocycles. The van der Waals surface area contributed by atoms with E-state index in [0.717, 1.165) is 0 Å². The van der Waals surface area contributed by atoms with Crippen LogP contribution in [0.1, 0.15) is 6.42 Å². The van der Waals surface area contributed by atoms with Crippen LogP contribution in [0.4, 0.5) is 0 Å². The van der Waals surface area contributed by atoms with E-state index in [1.165, 1.54) is 0 Å². The lowest BCUT2D eigenvalue weighted by atomic mass is 10.4. The van der Waals surface area contributed by atoms with Gasteiger partial charge in [0, 0.05) is 0 Å². The van der Waals surface area contributed by atoms with E-state index in [1.54, 1.807) is 5.32 Å². The fourth-order valence-corrected chi connectivity index (χ4v) is 1.46. The van der Waals surface area contributed by atoms with Crippen molar-refractivity contribution in [2.75, 3.05) is 0 Å². The summed E-state index contributed by atoms with van der Waals surface area (Å²) in [6.45, 7) is 0. The molecule has 1 aliphatic heterocycles. The lowest BCUT2D eigenvalue weighted by Crippen LogP contribution is -2.30. The molecule has 0 radical (unpaired) electrons. The minimum Gasteiger partial charge on any atom is -0.412 e. The summed E-state index contributed by atoms with van der Waals surface area (Å²) < 4.78 is 29.0. The first-order chi connectivity index (χ1) is 6.32. The van der Waals surface area contributed by atoms with Crippen molar-refractivity contribution in [3.8, 4) is 0 Å². The van der Waals surface area contributed by atoms with Gasteiger partial charge in [0.1, 0.15) is 0 Å². The van der Waals surface area contributed by atoms with Gasteiger partial charge in [-0.25, -0.2) is 0 Å². The first-order valence-corrected chi connectivity index (χ1v) is 4.62.